The van der Waals surface area contributed by atoms with Crippen LogP contribution in [0.5, 0.6) is 5.75 Å². The molecule has 1 aliphatic carbocycles. The van der Waals surface area contributed by atoms with Crippen molar-refractivity contribution in [3.8, 4) is 5.75 Å². The Kier molecular flexibility index (Phi) is 8.97. The van der Waals surface area contributed by atoms with Gasteiger partial charge in [-0.2, -0.15) is 0 Å². The third-order valence-electron chi connectivity index (χ3n) is 7.19. The number of nitrogens with one attached hydrogen (secondary N) is 1. The SMILES string of the molecule is C=CCn1nnc2cc(C(=O)NC3CCCCCCCCCCN(CC4CC4)C3)c(OC)cc21. The predicted octanol–water partition coefficient (Wildman–Crippen LogP) is 4.96. The van der Waals surface area contributed by atoms with Crippen LogP contribution in [0, 0.1) is 5.92 Å². The van der Waals surface area contributed by atoms with Crippen molar-refractivity contribution >= 4 is 16.9 Å². The quantitative estimate of drug-likeness (QED) is 0.583. The van der Waals surface area contributed by atoms with E-state index in [1.165, 1.54) is 64.3 Å². The van der Waals surface area contributed by atoms with Crippen LogP contribution in [0.25, 0.3) is 11.0 Å². The minimum atomic E-state index is -0.0855. The molecule has 1 amide bonds. The monoisotopic (exact) mass is 467 g/mol. The molecule has 34 heavy (non-hydrogen) atoms. The first-order valence-electron chi connectivity index (χ1n) is 13.2. The minimum absolute atomic E-state index is 0.0855. The molecule has 7 nitrogen and oxygen atoms in total. The number of carbonyl (C=O) groups is 1. The molecule has 2 heterocycles. The molecule has 186 valence electrons. The first-order chi connectivity index (χ1) is 16.7. The van der Waals surface area contributed by atoms with Crippen LogP contribution < -0.4 is 10.1 Å². The molecular formula is C27H41N5O2. The number of benzene rings is 1. The second kappa shape index (κ2) is 12.3. The number of aromatic nitrogens is 3. The molecule has 2 aromatic rings. The van der Waals surface area contributed by atoms with Gasteiger partial charge in [-0.3, -0.25) is 4.79 Å². The Balaban J connectivity index is 1.50. The van der Waals surface area contributed by atoms with E-state index in [1.807, 2.05) is 6.07 Å². The zero-order valence-electron chi connectivity index (χ0n) is 20.8. The van der Waals surface area contributed by atoms with E-state index in [9.17, 15) is 4.79 Å². The van der Waals surface area contributed by atoms with Crippen molar-refractivity contribution in [2.24, 2.45) is 5.92 Å². The van der Waals surface area contributed by atoms with Crippen molar-refractivity contribution in [3.05, 3.63) is 30.4 Å². The molecule has 0 spiro atoms. The van der Waals surface area contributed by atoms with Gasteiger partial charge in [0.15, 0.2) is 0 Å². The Morgan fingerprint density at radius 3 is 2.56 bits per heavy atom. The van der Waals surface area contributed by atoms with Crippen LogP contribution in [0.2, 0.25) is 0 Å². The summed E-state index contributed by atoms with van der Waals surface area (Å²) in [6.45, 7) is 7.59. The topological polar surface area (TPSA) is 72.3 Å². The smallest absolute Gasteiger partial charge is 0.255 e. The second-order valence-corrected chi connectivity index (χ2v) is 10.1. The van der Waals surface area contributed by atoms with Gasteiger partial charge in [0, 0.05) is 25.2 Å². The average Bonchev–Trinajstić information content (AvgIpc) is 3.56. The molecule has 1 saturated heterocycles. The number of carbonyl (C=O) groups excluding carboxylic acids is 1. The van der Waals surface area contributed by atoms with Crippen molar-refractivity contribution in [1.29, 1.82) is 0 Å². The lowest BCUT2D eigenvalue weighted by Gasteiger charge is -2.28. The highest BCUT2D eigenvalue weighted by molar-refractivity contribution is 6.00. The van der Waals surface area contributed by atoms with E-state index in [0.29, 0.717) is 23.4 Å². The summed E-state index contributed by atoms with van der Waals surface area (Å²) in [6.07, 6.45) is 15.9. The predicted molar refractivity (Wildman–Crippen MR) is 136 cm³/mol. The van der Waals surface area contributed by atoms with Crippen LogP contribution in [0.1, 0.15) is 81.0 Å². The van der Waals surface area contributed by atoms with Gasteiger partial charge in [0.05, 0.1) is 24.7 Å². The molecule has 2 aliphatic rings. The van der Waals surface area contributed by atoms with Crippen LogP contribution in [-0.2, 0) is 6.54 Å². The highest BCUT2D eigenvalue weighted by Gasteiger charge is 2.27. The van der Waals surface area contributed by atoms with E-state index >= 15 is 0 Å². The summed E-state index contributed by atoms with van der Waals surface area (Å²) in [7, 11) is 1.61. The van der Waals surface area contributed by atoms with Gasteiger partial charge < -0.3 is 15.0 Å². The maximum absolute atomic E-state index is 13.5. The number of allylic oxidation sites excluding steroid dienone is 1. The molecule has 1 unspecified atom stereocenters. The first-order valence-corrected chi connectivity index (χ1v) is 13.2. The number of hydrogen-bond acceptors (Lipinski definition) is 5. The largest absolute Gasteiger partial charge is 0.496 e. The number of amides is 1. The van der Waals surface area contributed by atoms with Gasteiger partial charge in [0.2, 0.25) is 0 Å². The Bertz CT molecular complexity index is 952. The number of fused-ring (bicyclic) bond motifs is 1. The van der Waals surface area contributed by atoms with E-state index < -0.39 is 0 Å². The van der Waals surface area contributed by atoms with Gasteiger partial charge >= 0.3 is 0 Å². The summed E-state index contributed by atoms with van der Waals surface area (Å²) in [4.78, 5) is 16.1. The maximum Gasteiger partial charge on any atom is 0.255 e. The zero-order chi connectivity index (χ0) is 23.8. The summed E-state index contributed by atoms with van der Waals surface area (Å²) < 4.78 is 7.37. The number of nitrogens with zero attached hydrogens (tertiary/aromatic N) is 4. The van der Waals surface area contributed by atoms with Crippen molar-refractivity contribution in [1.82, 2.24) is 25.2 Å². The minimum Gasteiger partial charge on any atom is -0.496 e. The number of rotatable bonds is 7. The summed E-state index contributed by atoms with van der Waals surface area (Å²) in [5.41, 5.74) is 2.06. The van der Waals surface area contributed by atoms with Crippen molar-refractivity contribution in [2.75, 3.05) is 26.7 Å². The lowest BCUT2D eigenvalue weighted by Crippen LogP contribution is -2.44. The maximum atomic E-state index is 13.5. The molecule has 0 radical (unpaired) electrons. The number of ether oxygens (including phenoxy) is 1. The summed E-state index contributed by atoms with van der Waals surface area (Å²) in [6, 6.07) is 3.80. The zero-order valence-corrected chi connectivity index (χ0v) is 20.8. The third-order valence-corrected chi connectivity index (χ3v) is 7.19. The second-order valence-electron chi connectivity index (χ2n) is 10.1. The Morgan fingerprint density at radius 1 is 1.12 bits per heavy atom. The lowest BCUT2D eigenvalue weighted by molar-refractivity contribution is 0.0916. The number of hydrogen-bond donors (Lipinski definition) is 1. The molecule has 0 bridgehead atoms. The summed E-state index contributed by atoms with van der Waals surface area (Å²) >= 11 is 0. The summed E-state index contributed by atoms with van der Waals surface area (Å²) in [5, 5.41) is 11.8. The van der Waals surface area contributed by atoms with Gasteiger partial charge in [-0.1, -0.05) is 56.2 Å². The molecular weight excluding hydrogens is 426 g/mol. The molecule has 4 rings (SSSR count). The Labute approximate surface area is 203 Å². The van der Waals surface area contributed by atoms with Crippen LogP contribution in [-0.4, -0.2) is 58.6 Å². The van der Waals surface area contributed by atoms with Crippen LogP contribution in [0.4, 0.5) is 0 Å². The highest BCUT2D eigenvalue weighted by Crippen LogP contribution is 2.30. The van der Waals surface area contributed by atoms with E-state index in [4.69, 9.17) is 4.74 Å². The fourth-order valence-corrected chi connectivity index (χ4v) is 5.09. The molecule has 2 fully saturated rings. The van der Waals surface area contributed by atoms with E-state index in [0.717, 1.165) is 37.4 Å². The molecule has 1 aliphatic heterocycles. The van der Waals surface area contributed by atoms with Crippen molar-refractivity contribution in [2.45, 2.75) is 83.2 Å². The molecule has 1 aromatic carbocycles. The van der Waals surface area contributed by atoms with Crippen molar-refractivity contribution in [3.63, 3.8) is 0 Å². The van der Waals surface area contributed by atoms with Gasteiger partial charge in [0.25, 0.3) is 5.91 Å². The van der Waals surface area contributed by atoms with Gasteiger partial charge in [0.1, 0.15) is 11.3 Å². The molecule has 1 atom stereocenters. The Hall–Kier alpha value is -2.41. The fourth-order valence-electron chi connectivity index (χ4n) is 5.09. The van der Waals surface area contributed by atoms with E-state index in [1.54, 1.807) is 23.9 Å². The molecule has 1 aromatic heterocycles. The average molecular weight is 468 g/mol. The highest BCUT2D eigenvalue weighted by atomic mass is 16.5. The normalized spacial score (nSPS) is 21.3. The third kappa shape index (κ3) is 6.81. The molecule has 1 saturated carbocycles. The van der Waals surface area contributed by atoms with Gasteiger partial charge in [-0.15, -0.1) is 11.7 Å². The first kappa shape index (κ1) is 24.7. The van der Waals surface area contributed by atoms with Crippen LogP contribution >= 0.6 is 0 Å². The van der Waals surface area contributed by atoms with E-state index in [2.05, 4.69) is 27.1 Å². The molecule has 1 N–H and O–H groups in total. The Morgan fingerprint density at radius 2 is 1.85 bits per heavy atom. The standard InChI is InChI=1S/C27H41N5O2/c1-3-15-32-25-18-26(34-2)23(17-24(25)29-30-32)27(33)28-22-12-10-8-6-4-5-7-9-11-16-31(20-22)19-21-13-14-21/h3,17-18,21-22H,1,4-16,19-20H2,2H3,(H,28,33). The van der Waals surface area contributed by atoms with Crippen LogP contribution in [0.3, 0.4) is 0 Å². The van der Waals surface area contributed by atoms with Gasteiger partial charge in [-0.25, -0.2) is 4.68 Å². The van der Waals surface area contributed by atoms with Crippen molar-refractivity contribution < 1.29 is 9.53 Å². The van der Waals surface area contributed by atoms with E-state index in [-0.39, 0.29) is 11.9 Å². The number of methoxy groups -OCH3 is 1. The lowest BCUT2D eigenvalue weighted by atomic mass is 10.0. The molecule has 7 heteroatoms. The fraction of sp³-hybridized carbons (Fsp3) is 0.667. The van der Waals surface area contributed by atoms with Crippen LogP contribution in [0.15, 0.2) is 24.8 Å². The summed E-state index contributed by atoms with van der Waals surface area (Å²) in [5.74, 6) is 1.32. The van der Waals surface area contributed by atoms with Gasteiger partial charge in [-0.05, 0) is 44.2 Å².